The quantitative estimate of drug-likeness (QED) is 0.735. The van der Waals surface area contributed by atoms with Crippen molar-refractivity contribution in [1.82, 2.24) is 9.78 Å². The molecule has 0 amide bonds. The number of aliphatic hydroxyl groups is 2. The van der Waals surface area contributed by atoms with Crippen LogP contribution in [0, 0.1) is 64.1 Å². The van der Waals surface area contributed by atoms with Gasteiger partial charge in [-0.1, -0.05) is 13.8 Å². The Morgan fingerprint density at radius 3 is 2.59 bits per heavy atom. The average Bonchev–Trinajstić information content (AvgIpc) is 3.09. The van der Waals surface area contributed by atoms with Crippen molar-refractivity contribution < 1.29 is 10.2 Å². The van der Waals surface area contributed by atoms with E-state index in [1.165, 1.54) is 38.5 Å². The van der Waals surface area contributed by atoms with Crippen molar-refractivity contribution in [3.05, 3.63) is 18.0 Å². The molecule has 0 aromatic carbocycles. The third-order valence-electron chi connectivity index (χ3n) is 11.6. The molecular formula is C27H39N3O2. The maximum Gasteiger partial charge on any atom is 0.102 e. The van der Waals surface area contributed by atoms with Crippen LogP contribution in [0.25, 0.3) is 0 Å². The van der Waals surface area contributed by atoms with E-state index >= 15 is 0 Å². The minimum atomic E-state index is -0.822. The molecule has 5 aliphatic carbocycles. The third kappa shape index (κ3) is 2.78. The van der Waals surface area contributed by atoms with Crippen LogP contribution >= 0.6 is 0 Å². The van der Waals surface area contributed by atoms with Gasteiger partial charge >= 0.3 is 0 Å². The molecule has 1 aromatic rings. The van der Waals surface area contributed by atoms with Gasteiger partial charge in [-0.3, -0.25) is 4.68 Å². The molecule has 0 bridgehead atoms. The van der Waals surface area contributed by atoms with Crippen molar-refractivity contribution in [3.63, 3.8) is 0 Å². The summed E-state index contributed by atoms with van der Waals surface area (Å²) in [5.41, 5.74) is -0.410. The molecule has 5 fully saturated rings. The second-order valence-electron chi connectivity index (χ2n) is 12.8. The van der Waals surface area contributed by atoms with Gasteiger partial charge in [-0.05, 0) is 111 Å². The van der Waals surface area contributed by atoms with Gasteiger partial charge in [0, 0.05) is 6.20 Å². The normalized spacial score (nSPS) is 50.9. The van der Waals surface area contributed by atoms with Gasteiger partial charge in [0.1, 0.15) is 6.07 Å². The van der Waals surface area contributed by atoms with Crippen LogP contribution in [0.1, 0.15) is 77.7 Å². The monoisotopic (exact) mass is 437 g/mol. The number of fused-ring (bicyclic) bond motifs is 7. The first-order valence-corrected chi connectivity index (χ1v) is 13.1. The highest BCUT2D eigenvalue weighted by atomic mass is 16.3. The molecule has 1 heterocycles. The van der Waals surface area contributed by atoms with Crippen LogP contribution in [0.3, 0.4) is 0 Å². The van der Waals surface area contributed by atoms with Gasteiger partial charge in [0.05, 0.1) is 29.5 Å². The Morgan fingerprint density at radius 1 is 1.12 bits per heavy atom. The lowest BCUT2D eigenvalue weighted by molar-refractivity contribution is -0.119. The highest BCUT2D eigenvalue weighted by molar-refractivity contribution is 5.22. The van der Waals surface area contributed by atoms with Crippen molar-refractivity contribution >= 4 is 0 Å². The van der Waals surface area contributed by atoms with Crippen LogP contribution in [0.15, 0.2) is 12.4 Å². The smallest absolute Gasteiger partial charge is 0.102 e. The Hall–Kier alpha value is -1.38. The Morgan fingerprint density at radius 2 is 1.84 bits per heavy atom. The van der Waals surface area contributed by atoms with E-state index in [4.69, 9.17) is 5.26 Å². The first-order valence-electron chi connectivity index (χ1n) is 13.1. The van der Waals surface area contributed by atoms with E-state index in [9.17, 15) is 10.2 Å². The summed E-state index contributed by atoms with van der Waals surface area (Å²) < 4.78 is 1.76. The molecule has 5 saturated carbocycles. The zero-order chi connectivity index (χ0) is 22.5. The summed E-state index contributed by atoms with van der Waals surface area (Å²) in [6, 6.07) is 2.14. The lowest BCUT2D eigenvalue weighted by Crippen LogP contribution is -2.53. The summed E-state index contributed by atoms with van der Waals surface area (Å²) in [6.45, 7) is 7.20. The molecule has 11 atom stereocenters. The number of hydrogen-bond acceptors (Lipinski definition) is 4. The predicted molar refractivity (Wildman–Crippen MR) is 121 cm³/mol. The summed E-state index contributed by atoms with van der Waals surface area (Å²) in [4.78, 5) is 0. The number of aromatic nitrogens is 2. The van der Waals surface area contributed by atoms with E-state index in [1.807, 2.05) is 6.92 Å². The van der Waals surface area contributed by atoms with Crippen LogP contribution in [0.5, 0.6) is 0 Å². The van der Waals surface area contributed by atoms with Crippen LogP contribution in [0.2, 0.25) is 0 Å². The third-order valence-corrected chi connectivity index (χ3v) is 11.6. The molecule has 3 unspecified atom stereocenters. The number of hydrogen-bond donors (Lipinski definition) is 2. The average molecular weight is 438 g/mol. The molecule has 5 nitrogen and oxygen atoms in total. The van der Waals surface area contributed by atoms with Crippen LogP contribution in [-0.2, 0) is 6.54 Å². The highest BCUT2D eigenvalue weighted by Gasteiger charge is 2.69. The Kier molecular flexibility index (Phi) is 4.52. The van der Waals surface area contributed by atoms with Gasteiger partial charge in [0.25, 0.3) is 0 Å². The Labute approximate surface area is 192 Å². The van der Waals surface area contributed by atoms with Crippen molar-refractivity contribution in [2.45, 2.75) is 89.9 Å². The minimum absolute atomic E-state index is 0.186. The van der Waals surface area contributed by atoms with Crippen molar-refractivity contribution in [1.29, 1.82) is 5.26 Å². The van der Waals surface area contributed by atoms with Gasteiger partial charge in [0.15, 0.2) is 0 Å². The fourth-order valence-corrected chi connectivity index (χ4v) is 10.2. The molecule has 0 radical (unpaired) electrons. The molecule has 6 rings (SSSR count). The van der Waals surface area contributed by atoms with Gasteiger partial charge < -0.3 is 10.2 Å². The maximum atomic E-state index is 11.7. The van der Waals surface area contributed by atoms with E-state index in [0.29, 0.717) is 29.9 Å². The molecule has 2 N–H and O–H groups in total. The molecule has 0 saturated heterocycles. The first-order chi connectivity index (χ1) is 15.2. The fourth-order valence-electron chi connectivity index (χ4n) is 10.2. The van der Waals surface area contributed by atoms with Crippen LogP contribution in [0.4, 0.5) is 0 Å². The molecule has 5 heteroatoms. The van der Waals surface area contributed by atoms with Crippen molar-refractivity contribution in [3.8, 4) is 6.07 Å². The lowest BCUT2D eigenvalue weighted by Gasteiger charge is -2.57. The lowest BCUT2D eigenvalue weighted by atomic mass is 9.49. The molecule has 32 heavy (non-hydrogen) atoms. The summed E-state index contributed by atoms with van der Waals surface area (Å²) >= 11 is 0. The number of nitriles is 1. The van der Waals surface area contributed by atoms with Gasteiger partial charge in [-0.25, -0.2) is 0 Å². The number of nitrogens with zero attached hydrogens (tertiary/aromatic N) is 3. The summed E-state index contributed by atoms with van der Waals surface area (Å²) in [6.07, 6.45) is 13.1. The summed E-state index contributed by atoms with van der Waals surface area (Å²) in [5, 5.41) is 36.1. The predicted octanol–water partition coefficient (Wildman–Crippen LogP) is 4.38. The topological polar surface area (TPSA) is 82.1 Å². The van der Waals surface area contributed by atoms with Crippen molar-refractivity contribution in [2.75, 3.05) is 0 Å². The Balaban J connectivity index is 1.21. The van der Waals surface area contributed by atoms with E-state index in [1.54, 1.807) is 17.1 Å². The zero-order valence-electron chi connectivity index (χ0n) is 19.9. The first kappa shape index (κ1) is 21.2. The summed E-state index contributed by atoms with van der Waals surface area (Å²) in [7, 11) is 0. The highest BCUT2D eigenvalue weighted by Crippen LogP contribution is 2.71. The van der Waals surface area contributed by atoms with E-state index in [2.05, 4.69) is 25.0 Å². The maximum absolute atomic E-state index is 11.7. The zero-order valence-corrected chi connectivity index (χ0v) is 19.9. The van der Waals surface area contributed by atoms with E-state index in [0.717, 1.165) is 36.5 Å². The van der Waals surface area contributed by atoms with E-state index < -0.39 is 5.60 Å². The minimum Gasteiger partial charge on any atom is -0.389 e. The largest absolute Gasteiger partial charge is 0.389 e. The second kappa shape index (κ2) is 6.83. The van der Waals surface area contributed by atoms with E-state index in [-0.39, 0.29) is 16.9 Å². The number of rotatable bonds is 3. The fraction of sp³-hybridized carbons (Fsp3) is 0.852. The van der Waals surface area contributed by atoms with Gasteiger partial charge in [0.2, 0.25) is 0 Å². The van der Waals surface area contributed by atoms with Crippen molar-refractivity contribution in [2.24, 2.45) is 52.8 Å². The van der Waals surface area contributed by atoms with Gasteiger partial charge in [-0.15, -0.1) is 0 Å². The standard InChI is InChI=1S/C27H39N3O2/c1-16-24-21-5-4-20-18(19(21)9-11-27(16,24)32)8-10-25(2)22(20)6-7-23(25)26(3,31)15-30-14-17(12-28)13-29-30/h13-14,16,18-24,31-32H,4-11,15H2,1-3H3/t16?,18-,19-,20-,21-,22+,23+,24?,25+,26?,27+/m1/s1. The Bertz CT molecular complexity index is 949. The molecular weight excluding hydrogens is 398 g/mol. The second-order valence-corrected chi connectivity index (χ2v) is 12.8. The molecule has 0 spiro atoms. The van der Waals surface area contributed by atoms with Gasteiger partial charge in [-0.2, -0.15) is 10.4 Å². The molecule has 5 aliphatic rings. The summed E-state index contributed by atoms with van der Waals surface area (Å²) in [5.74, 6) is 5.27. The molecule has 174 valence electrons. The molecule has 0 aliphatic heterocycles. The SMILES string of the molecule is CC1C2[C@@H]3CC[C@@H]4[C@H](CC[C@]5(C)[C@@H](C(C)(O)Cn6cc(C#N)cn6)CC[C@@H]45)[C@H]3CC[C@]12O. The van der Waals surface area contributed by atoms with Crippen LogP contribution < -0.4 is 0 Å². The molecule has 1 aromatic heterocycles. The van der Waals surface area contributed by atoms with Crippen LogP contribution in [-0.4, -0.2) is 31.2 Å².